The lowest BCUT2D eigenvalue weighted by molar-refractivity contribution is 0.0993. The average molecular weight is 396 g/mol. The molecular weight excluding hydrogens is 370 g/mol. The molecule has 0 bridgehead atoms. The Bertz CT molecular complexity index is 976. The molecule has 1 aliphatic carbocycles. The summed E-state index contributed by atoms with van der Waals surface area (Å²) in [7, 11) is 0. The van der Waals surface area contributed by atoms with Gasteiger partial charge in [-0.3, -0.25) is 9.36 Å². The second-order valence-corrected chi connectivity index (χ2v) is 8.93. The van der Waals surface area contributed by atoms with E-state index in [-0.39, 0.29) is 17.0 Å². The van der Waals surface area contributed by atoms with Gasteiger partial charge in [0.15, 0.2) is 10.9 Å². The summed E-state index contributed by atoms with van der Waals surface area (Å²) in [6, 6.07) is 9.98. The number of carbonyl (C=O) groups is 1. The highest BCUT2D eigenvalue weighted by Crippen LogP contribution is 2.29. The molecule has 0 saturated carbocycles. The number of aryl methyl sites for hydroxylation is 2. The average Bonchev–Trinajstić information content (AvgIpc) is 3.42. The van der Waals surface area contributed by atoms with Crippen LogP contribution in [0.15, 0.2) is 46.2 Å². The summed E-state index contributed by atoms with van der Waals surface area (Å²) in [5, 5.41) is 9.26. The van der Waals surface area contributed by atoms with Crippen LogP contribution in [0.4, 0.5) is 0 Å². The van der Waals surface area contributed by atoms with Crippen LogP contribution in [0, 0.1) is 0 Å². The second kappa shape index (κ2) is 7.95. The van der Waals surface area contributed by atoms with Crippen molar-refractivity contribution in [3.05, 3.63) is 64.9 Å². The van der Waals surface area contributed by atoms with Crippen molar-refractivity contribution in [1.29, 1.82) is 0 Å². The molecule has 6 heteroatoms. The number of aromatic nitrogens is 3. The van der Waals surface area contributed by atoms with Gasteiger partial charge in [0, 0.05) is 11.5 Å². The molecular formula is C22H25N3O2S. The van der Waals surface area contributed by atoms with Crippen LogP contribution in [0.1, 0.15) is 66.2 Å². The van der Waals surface area contributed by atoms with Gasteiger partial charge in [-0.2, -0.15) is 0 Å². The molecule has 1 aliphatic rings. The smallest absolute Gasteiger partial charge is 0.192 e. The van der Waals surface area contributed by atoms with Crippen molar-refractivity contribution in [3.63, 3.8) is 0 Å². The van der Waals surface area contributed by atoms with E-state index < -0.39 is 0 Å². The molecule has 28 heavy (non-hydrogen) atoms. The summed E-state index contributed by atoms with van der Waals surface area (Å²) in [5.41, 5.74) is 3.50. The van der Waals surface area contributed by atoms with Crippen molar-refractivity contribution in [1.82, 2.24) is 14.8 Å². The van der Waals surface area contributed by atoms with Gasteiger partial charge in [-0.05, 0) is 55.5 Å². The number of thioether (sulfide) groups is 1. The molecule has 2 heterocycles. The lowest BCUT2D eigenvalue weighted by Crippen LogP contribution is -2.16. The summed E-state index contributed by atoms with van der Waals surface area (Å²) in [4.78, 5) is 13.0. The SMILES string of the molecule is CC(C)c1nnc(S[C@H](C)C(=O)c2ccc3c(c2)CCC3)n1Cc1ccco1. The fourth-order valence-corrected chi connectivity index (χ4v) is 4.63. The number of hydrogen-bond donors (Lipinski definition) is 0. The number of ketones is 1. The maximum Gasteiger partial charge on any atom is 0.192 e. The third-order valence-electron chi connectivity index (χ3n) is 5.19. The fourth-order valence-electron chi connectivity index (χ4n) is 3.69. The Balaban J connectivity index is 1.55. The lowest BCUT2D eigenvalue weighted by Gasteiger charge is -2.14. The van der Waals surface area contributed by atoms with Crippen LogP contribution < -0.4 is 0 Å². The molecule has 0 radical (unpaired) electrons. The van der Waals surface area contributed by atoms with E-state index in [0.29, 0.717) is 6.54 Å². The molecule has 0 spiro atoms. The van der Waals surface area contributed by atoms with Gasteiger partial charge >= 0.3 is 0 Å². The molecule has 0 fully saturated rings. The van der Waals surface area contributed by atoms with E-state index in [1.807, 2.05) is 25.1 Å². The van der Waals surface area contributed by atoms with Crippen molar-refractivity contribution in [3.8, 4) is 0 Å². The number of carbonyl (C=O) groups excluding carboxylic acids is 1. The van der Waals surface area contributed by atoms with Crippen LogP contribution in [-0.2, 0) is 19.4 Å². The number of hydrogen-bond acceptors (Lipinski definition) is 5. The fraction of sp³-hybridized carbons (Fsp3) is 0.409. The van der Waals surface area contributed by atoms with Crippen molar-refractivity contribution in [2.45, 2.75) is 62.9 Å². The zero-order valence-electron chi connectivity index (χ0n) is 16.5. The van der Waals surface area contributed by atoms with Crippen molar-refractivity contribution < 1.29 is 9.21 Å². The van der Waals surface area contributed by atoms with E-state index in [1.54, 1.807) is 6.26 Å². The Kier molecular flexibility index (Phi) is 5.40. The third kappa shape index (κ3) is 3.78. The van der Waals surface area contributed by atoms with Crippen LogP contribution in [0.25, 0.3) is 0 Å². The van der Waals surface area contributed by atoms with Crippen LogP contribution in [-0.4, -0.2) is 25.8 Å². The Hall–Kier alpha value is -2.34. The first-order chi connectivity index (χ1) is 13.5. The molecule has 0 N–H and O–H groups in total. The summed E-state index contributed by atoms with van der Waals surface area (Å²) in [6.45, 7) is 6.70. The van der Waals surface area contributed by atoms with Gasteiger partial charge in [-0.1, -0.05) is 37.7 Å². The summed E-state index contributed by atoms with van der Waals surface area (Å²) in [6.07, 6.45) is 5.06. The number of nitrogens with zero attached hydrogens (tertiary/aromatic N) is 3. The first-order valence-electron chi connectivity index (χ1n) is 9.81. The monoisotopic (exact) mass is 395 g/mol. The van der Waals surface area contributed by atoms with Gasteiger partial charge in [0.1, 0.15) is 11.6 Å². The van der Waals surface area contributed by atoms with Gasteiger partial charge < -0.3 is 4.42 Å². The molecule has 0 amide bonds. The predicted octanol–water partition coefficient (Wildman–Crippen LogP) is 4.90. The molecule has 0 aliphatic heterocycles. The van der Waals surface area contributed by atoms with Gasteiger partial charge in [0.05, 0.1) is 18.1 Å². The van der Waals surface area contributed by atoms with Gasteiger partial charge in [0.2, 0.25) is 0 Å². The largest absolute Gasteiger partial charge is 0.467 e. The highest BCUT2D eigenvalue weighted by molar-refractivity contribution is 8.00. The van der Waals surface area contributed by atoms with Crippen LogP contribution in [0.5, 0.6) is 0 Å². The number of Topliss-reactive ketones (excluding diaryl/α,β-unsaturated/α-hetero) is 1. The quantitative estimate of drug-likeness (QED) is 0.421. The van der Waals surface area contributed by atoms with Crippen LogP contribution >= 0.6 is 11.8 Å². The van der Waals surface area contributed by atoms with Crippen molar-refractivity contribution in [2.24, 2.45) is 0 Å². The minimum absolute atomic E-state index is 0.137. The van der Waals surface area contributed by atoms with E-state index in [4.69, 9.17) is 4.42 Å². The maximum absolute atomic E-state index is 13.0. The predicted molar refractivity (Wildman–Crippen MR) is 110 cm³/mol. The second-order valence-electron chi connectivity index (χ2n) is 7.62. The topological polar surface area (TPSA) is 60.9 Å². The van der Waals surface area contributed by atoms with E-state index in [0.717, 1.165) is 35.1 Å². The van der Waals surface area contributed by atoms with Gasteiger partial charge in [0.25, 0.3) is 0 Å². The summed E-state index contributed by atoms with van der Waals surface area (Å²) < 4.78 is 7.56. The van der Waals surface area contributed by atoms with Crippen LogP contribution in [0.2, 0.25) is 0 Å². The van der Waals surface area contributed by atoms with Gasteiger partial charge in [-0.25, -0.2) is 0 Å². The molecule has 5 nitrogen and oxygen atoms in total. The first kappa shape index (κ1) is 19.0. The highest BCUT2D eigenvalue weighted by atomic mass is 32.2. The molecule has 4 rings (SSSR count). The Morgan fingerprint density at radius 1 is 1.18 bits per heavy atom. The molecule has 146 valence electrons. The minimum atomic E-state index is -0.237. The van der Waals surface area contributed by atoms with E-state index in [9.17, 15) is 4.79 Å². The van der Waals surface area contributed by atoms with E-state index in [1.165, 1.54) is 29.3 Å². The molecule has 1 aromatic carbocycles. The van der Waals surface area contributed by atoms with Crippen molar-refractivity contribution >= 4 is 17.5 Å². The molecule has 0 saturated heterocycles. The minimum Gasteiger partial charge on any atom is -0.467 e. The number of furan rings is 1. The normalized spacial score (nSPS) is 14.4. The summed E-state index contributed by atoms with van der Waals surface area (Å²) >= 11 is 1.46. The zero-order chi connectivity index (χ0) is 19.7. The Labute approximate surface area is 169 Å². The number of rotatable bonds is 7. The van der Waals surface area contributed by atoms with Crippen LogP contribution in [0.3, 0.4) is 0 Å². The lowest BCUT2D eigenvalue weighted by atomic mass is 10.0. The zero-order valence-corrected chi connectivity index (χ0v) is 17.3. The molecule has 2 aromatic heterocycles. The molecule has 1 atom stereocenters. The van der Waals surface area contributed by atoms with E-state index >= 15 is 0 Å². The van der Waals surface area contributed by atoms with Gasteiger partial charge in [-0.15, -0.1) is 10.2 Å². The first-order valence-corrected chi connectivity index (χ1v) is 10.7. The Morgan fingerprint density at radius 2 is 2.00 bits per heavy atom. The standard InChI is InChI=1S/C22H25N3O2S/c1-14(2)21-23-24-22(25(21)13-19-8-5-11-27-19)28-15(3)20(26)18-10-9-16-6-4-7-17(16)12-18/h5,8-12,14-15H,4,6-7,13H2,1-3H3/t15-/m1/s1. The summed E-state index contributed by atoms with van der Waals surface area (Å²) in [5.74, 6) is 2.12. The van der Waals surface area contributed by atoms with E-state index in [2.05, 4.69) is 40.7 Å². The highest BCUT2D eigenvalue weighted by Gasteiger charge is 2.23. The van der Waals surface area contributed by atoms with Crippen molar-refractivity contribution in [2.75, 3.05) is 0 Å². The third-order valence-corrected chi connectivity index (χ3v) is 6.27. The molecule has 0 unspecified atom stereocenters. The Morgan fingerprint density at radius 3 is 2.75 bits per heavy atom. The maximum atomic E-state index is 13.0. The molecule has 3 aromatic rings. The number of benzene rings is 1. The number of fused-ring (bicyclic) bond motifs is 1.